The van der Waals surface area contributed by atoms with Gasteiger partial charge in [0.2, 0.25) is 0 Å². The summed E-state index contributed by atoms with van der Waals surface area (Å²) in [5.41, 5.74) is 0.228. The van der Waals surface area contributed by atoms with Gasteiger partial charge in [-0.25, -0.2) is 4.98 Å². The molecular weight excluding hydrogens is 242 g/mol. The van der Waals surface area contributed by atoms with Crippen molar-refractivity contribution in [3.05, 3.63) is 16.1 Å². The molecule has 18 heavy (non-hydrogen) atoms. The van der Waals surface area contributed by atoms with Crippen molar-refractivity contribution in [3.8, 4) is 0 Å². The number of rotatable bonds is 3. The van der Waals surface area contributed by atoms with Gasteiger partial charge in [-0.15, -0.1) is 11.3 Å². The van der Waals surface area contributed by atoms with E-state index >= 15 is 0 Å². The summed E-state index contributed by atoms with van der Waals surface area (Å²) >= 11 is 1.87. The Morgan fingerprint density at radius 2 is 2.28 bits per heavy atom. The Kier molecular flexibility index (Phi) is 4.41. The van der Waals surface area contributed by atoms with E-state index in [1.807, 2.05) is 11.3 Å². The Morgan fingerprint density at radius 1 is 1.50 bits per heavy atom. The van der Waals surface area contributed by atoms with Gasteiger partial charge in [-0.1, -0.05) is 20.8 Å². The first-order valence-corrected chi connectivity index (χ1v) is 7.65. The van der Waals surface area contributed by atoms with Gasteiger partial charge in [0.05, 0.1) is 6.54 Å². The van der Waals surface area contributed by atoms with E-state index in [9.17, 15) is 0 Å². The highest BCUT2D eigenvalue weighted by atomic mass is 32.1. The zero-order valence-electron chi connectivity index (χ0n) is 12.0. The first-order valence-electron chi connectivity index (χ1n) is 6.84. The van der Waals surface area contributed by atoms with E-state index in [4.69, 9.17) is 0 Å². The highest BCUT2D eigenvalue weighted by Crippen LogP contribution is 2.28. The first kappa shape index (κ1) is 14.0. The minimum atomic E-state index is 0.228. The molecule has 0 bridgehead atoms. The molecule has 0 aromatic carbocycles. The number of hydrogen-bond acceptors (Lipinski definition) is 4. The molecule has 1 saturated heterocycles. The van der Waals surface area contributed by atoms with Crippen LogP contribution in [0.3, 0.4) is 0 Å². The maximum atomic E-state index is 4.58. The average Bonchev–Trinajstić information content (AvgIpc) is 2.77. The summed E-state index contributed by atoms with van der Waals surface area (Å²) in [6.07, 6.45) is 4.65. The van der Waals surface area contributed by atoms with Gasteiger partial charge in [0.1, 0.15) is 5.01 Å². The molecule has 0 radical (unpaired) electrons. The Morgan fingerprint density at radius 3 is 2.89 bits per heavy atom. The summed E-state index contributed by atoms with van der Waals surface area (Å²) in [6.45, 7) is 10.1. The zero-order chi connectivity index (χ0) is 13.2. The van der Waals surface area contributed by atoms with Gasteiger partial charge < -0.3 is 5.32 Å². The van der Waals surface area contributed by atoms with Crippen LogP contribution in [0.2, 0.25) is 0 Å². The fourth-order valence-corrected chi connectivity index (χ4v) is 3.37. The topological polar surface area (TPSA) is 28.2 Å². The molecule has 0 aliphatic carbocycles. The third-order valence-electron chi connectivity index (χ3n) is 3.57. The lowest BCUT2D eigenvalue weighted by molar-refractivity contribution is 0.188. The van der Waals surface area contributed by atoms with Crippen LogP contribution in [0, 0.1) is 0 Å². The predicted molar refractivity (Wildman–Crippen MR) is 78.2 cm³/mol. The minimum absolute atomic E-state index is 0.228. The highest BCUT2D eigenvalue weighted by molar-refractivity contribution is 7.11. The number of piperidine rings is 1. The molecule has 1 aromatic heterocycles. The fraction of sp³-hybridized carbons (Fsp3) is 0.786. The van der Waals surface area contributed by atoms with Crippen LogP contribution in [0.15, 0.2) is 6.20 Å². The molecule has 1 aliphatic heterocycles. The average molecular weight is 267 g/mol. The van der Waals surface area contributed by atoms with Crippen LogP contribution in [0.5, 0.6) is 0 Å². The molecule has 1 aromatic rings. The molecule has 2 rings (SSSR count). The molecular formula is C14H25N3S. The standard InChI is InChI=1S/C14H25N3S/c1-14(2,3)12-8-16-13(18-12)10-17-7-5-6-11(9-17)15-4/h8,11,15H,5-7,9-10H2,1-4H3. The first-order chi connectivity index (χ1) is 8.49. The number of hydrogen-bond donors (Lipinski definition) is 1. The van der Waals surface area contributed by atoms with Crippen LogP contribution in [-0.2, 0) is 12.0 Å². The molecule has 1 fully saturated rings. The lowest BCUT2D eigenvalue weighted by atomic mass is 9.96. The van der Waals surface area contributed by atoms with Crippen molar-refractivity contribution in [2.24, 2.45) is 0 Å². The molecule has 1 unspecified atom stereocenters. The lowest BCUT2D eigenvalue weighted by Crippen LogP contribution is -2.43. The van der Waals surface area contributed by atoms with Gasteiger partial charge in [-0.3, -0.25) is 4.90 Å². The number of nitrogens with one attached hydrogen (secondary N) is 1. The maximum absolute atomic E-state index is 4.58. The van der Waals surface area contributed by atoms with Crippen LogP contribution < -0.4 is 5.32 Å². The summed E-state index contributed by atoms with van der Waals surface area (Å²) in [6, 6.07) is 0.654. The van der Waals surface area contributed by atoms with Crippen LogP contribution in [0.25, 0.3) is 0 Å². The second kappa shape index (κ2) is 5.68. The number of likely N-dealkylation sites (tertiary alicyclic amines) is 1. The van der Waals surface area contributed by atoms with Crippen molar-refractivity contribution in [1.82, 2.24) is 15.2 Å². The molecule has 0 spiro atoms. The molecule has 0 amide bonds. The molecule has 4 heteroatoms. The van der Waals surface area contributed by atoms with Gasteiger partial charge in [0, 0.05) is 23.7 Å². The molecule has 1 atom stereocenters. The number of thiazole rings is 1. The van der Waals surface area contributed by atoms with E-state index < -0.39 is 0 Å². The van der Waals surface area contributed by atoms with Crippen LogP contribution in [-0.4, -0.2) is 36.1 Å². The van der Waals surface area contributed by atoms with E-state index in [-0.39, 0.29) is 5.41 Å². The third kappa shape index (κ3) is 3.53. The van der Waals surface area contributed by atoms with Crippen molar-refractivity contribution in [1.29, 1.82) is 0 Å². The summed E-state index contributed by atoms with van der Waals surface area (Å²) in [5, 5.41) is 4.65. The van der Waals surface area contributed by atoms with E-state index in [1.165, 1.54) is 29.3 Å². The Labute approximate surface area is 115 Å². The highest BCUT2D eigenvalue weighted by Gasteiger charge is 2.21. The monoisotopic (exact) mass is 267 g/mol. The smallest absolute Gasteiger partial charge is 0.107 e. The molecule has 1 aliphatic rings. The van der Waals surface area contributed by atoms with E-state index in [0.29, 0.717) is 6.04 Å². The second-order valence-corrected chi connectivity index (χ2v) is 7.35. The minimum Gasteiger partial charge on any atom is -0.316 e. The van der Waals surface area contributed by atoms with Gasteiger partial charge in [-0.2, -0.15) is 0 Å². The quantitative estimate of drug-likeness (QED) is 0.912. The molecule has 0 saturated carbocycles. The molecule has 1 N–H and O–H groups in total. The van der Waals surface area contributed by atoms with Crippen molar-refractivity contribution in [2.75, 3.05) is 20.1 Å². The third-order valence-corrected chi connectivity index (χ3v) is 4.97. The van der Waals surface area contributed by atoms with Gasteiger partial charge in [0.15, 0.2) is 0 Å². The van der Waals surface area contributed by atoms with E-state index in [2.05, 4.69) is 49.2 Å². The van der Waals surface area contributed by atoms with Crippen molar-refractivity contribution < 1.29 is 0 Å². The van der Waals surface area contributed by atoms with Gasteiger partial charge >= 0.3 is 0 Å². The second-order valence-electron chi connectivity index (χ2n) is 6.23. The molecule has 3 nitrogen and oxygen atoms in total. The van der Waals surface area contributed by atoms with Gasteiger partial charge in [-0.05, 0) is 31.8 Å². The van der Waals surface area contributed by atoms with Crippen LogP contribution >= 0.6 is 11.3 Å². The summed E-state index contributed by atoms with van der Waals surface area (Å²) in [4.78, 5) is 8.50. The Hall–Kier alpha value is -0.450. The zero-order valence-corrected chi connectivity index (χ0v) is 12.8. The Bertz CT molecular complexity index is 381. The normalized spacial score (nSPS) is 22.3. The largest absolute Gasteiger partial charge is 0.316 e. The SMILES string of the molecule is CNC1CCCN(Cc2ncc(C(C)(C)C)s2)C1. The predicted octanol–water partition coefficient (Wildman–Crippen LogP) is 2.62. The summed E-state index contributed by atoms with van der Waals surface area (Å²) < 4.78 is 0. The van der Waals surface area contributed by atoms with Crippen molar-refractivity contribution >= 4 is 11.3 Å². The fourth-order valence-electron chi connectivity index (χ4n) is 2.36. The van der Waals surface area contributed by atoms with Crippen molar-refractivity contribution in [3.63, 3.8) is 0 Å². The lowest BCUT2D eigenvalue weighted by Gasteiger charge is -2.31. The number of likely N-dealkylation sites (N-methyl/N-ethyl adjacent to an activating group) is 1. The summed E-state index contributed by atoms with van der Waals surface area (Å²) in [5.74, 6) is 0. The van der Waals surface area contributed by atoms with E-state index in [0.717, 1.165) is 13.1 Å². The van der Waals surface area contributed by atoms with Crippen LogP contribution in [0.1, 0.15) is 43.5 Å². The maximum Gasteiger partial charge on any atom is 0.107 e. The number of aromatic nitrogens is 1. The van der Waals surface area contributed by atoms with Crippen LogP contribution in [0.4, 0.5) is 0 Å². The van der Waals surface area contributed by atoms with Crippen molar-refractivity contribution in [2.45, 2.75) is 51.6 Å². The Balaban J connectivity index is 1.95. The molecule has 102 valence electrons. The summed E-state index contributed by atoms with van der Waals surface area (Å²) in [7, 11) is 2.06. The number of nitrogens with zero attached hydrogens (tertiary/aromatic N) is 2. The van der Waals surface area contributed by atoms with Gasteiger partial charge in [0.25, 0.3) is 0 Å². The molecule has 2 heterocycles. The van der Waals surface area contributed by atoms with E-state index in [1.54, 1.807) is 0 Å².